The van der Waals surface area contributed by atoms with Crippen molar-refractivity contribution in [3.63, 3.8) is 0 Å². The lowest BCUT2D eigenvalue weighted by Crippen LogP contribution is -2.38. The van der Waals surface area contributed by atoms with E-state index in [1.54, 1.807) is 36.1 Å². The normalized spacial score (nSPS) is 15.4. The van der Waals surface area contributed by atoms with Gasteiger partial charge in [-0.1, -0.05) is 61.5 Å². The van der Waals surface area contributed by atoms with Crippen LogP contribution in [-0.2, 0) is 0 Å². The maximum atomic E-state index is 15.4. The summed E-state index contributed by atoms with van der Waals surface area (Å²) in [7, 11) is 0. The minimum atomic E-state index is -1.33. The molecule has 4 aromatic carbocycles. The van der Waals surface area contributed by atoms with Crippen molar-refractivity contribution in [1.82, 2.24) is 0 Å². The molecule has 0 saturated heterocycles. The number of halogens is 3. The molecule has 0 radical (unpaired) electrons. The lowest BCUT2D eigenvalue weighted by molar-refractivity contribution is 0.0691. The number of rotatable bonds is 7. The first kappa shape index (κ1) is 27.4. The molecule has 4 aromatic rings. The molecule has 1 N–H and O–H groups in total. The summed E-state index contributed by atoms with van der Waals surface area (Å²) in [5.74, 6) is -2.29. The highest BCUT2D eigenvalue weighted by Crippen LogP contribution is 2.42. The molecule has 1 unspecified atom stereocenters. The van der Waals surface area contributed by atoms with E-state index in [-0.39, 0.29) is 42.1 Å². The number of nitrogens with zero attached hydrogens (tertiary/aromatic N) is 1. The Hall–Kier alpha value is -3.64. The zero-order chi connectivity index (χ0) is 26.1. The Balaban J connectivity index is 0.00000336. The fraction of sp³-hybridized carbons (Fsp3) is 0.258. The fourth-order valence-corrected chi connectivity index (χ4v) is 5.33. The van der Waals surface area contributed by atoms with Gasteiger partial charge in [0.15, 0.2) is 17.4 Å². The molecule has 0 spiro atoms. The Morgan fingerprint density at radius 3 is 2.55 bits per heavy atom. The average molecular weight is 538 g/mol. The van der Waals surface area contributed by atoms with Crippen molar-refractivity contribution in [3.05, 3.63) is 101 Å². The van der Waals surface area contributed by atoms with E-state index in [4.69, 9.17) is 4.74 Å². The van der Waals surface area contributed by atoms with Crippen LogP contribution in [0.3, 0.4) is 0 Å². The smallest absolute Gasteiger partial charge is 0.339 e. The first-order chi connectivity index (χ1) is 17.8. The molecule has 0 aromatic heterocycles. The molecule has 1 aliphatic rings. The zero-order valence-corrected chi connectivity index (χ0v) is 22.1. The second-order valence-electron chi connectivity index (χ2n) is 9.73. The van der Waals surface area contributed by atoms with E-state index in [1.165, 1.54) is 22.4 Å². The molecular formula is C31H30ClF2NO3. The number of fused-ring (bicyclic) bond motifs is 2. The second kappa shape index (κ2) is 11.4. The standard InChI is InChI=1S/C31H29F2NO3.ClH/c1-19(23-13-6-10-21-9-3-4-12-24(21)23)8-5-11-22-18-34(27-15-7-14-25(32)30(27)37-22)26-17-16-20(2)28(29(26)33)31(35)36;/h3-4,6-7,9-10,12-17,19,22H,5,8,11,18H2,1-2H3,(H,35,36);1H/t19-,22?;/m0./s1. The Kier molecular flexibility index (Phi) is 8.22. The summed E-state index contributed by atoms with van der Waals surface area (Å²) >= 11 is 0. The van der Waals surface area contributed by atoms with E-state index in [9.17, 15) is 14.3 Å². The number of hydrogen-bond acceptors (Lipinski definition) is 3. The summed E-state index contributed by atoms with van der Waals surface area (Å²) in [6.07, 6.45) is 2.03. The quantitative estimate of drug-likeness (QED) is 0.257. The molecule has 0 saturated carbocycles. The van der Waals surface area contributed by atoms with Crippen molar-refractivity contribution in [2.45, 2.75) is 45.1 Å². The third-order valence-corrected chi connectivity index (χ3v) is 7.26. The number of carbonyl (C=O) groups is 1. The minimum absolute atomic E-state index is 0. The van der Waals surface area contributed by atoms with Crippen molar-refractivity contribution in [3.8, 4) is 5.75 Å². The van der Waals surface area contributed by atoms with Gasteiger partial charge in [0.1, 0.15) is 11.7 Å². The third kappa shape index (κ3) is 5.18. The van der Waals surface area contributed by atoms with Gasteiger partial charge in [-0.3, -0.25) is 0 Å². The van der Waals surface area contributed by atoms with E-state index in [2.05, 4.69) is 43.3 Å². The number of aromatic carboxylic acids is 1. The summed E-state index contributed by atoms with van der Waals surface area (Å²) in [6, 6.07) is 22.4. The van der Waals surface area contributed by atoms with Crippen LogP contribution in [0.15, 0.2) is 72.8 Å². The van der Waals surface area contributed by atoms with E-state index in [0.717, 1.165) is 12.8 Å². The Labute approximate surface area is 227 Å². The zero-order valence-electron chi connectivity index (χ0n) is 21.3. The van der Waals surface area contributed by atoms with Gasteiger partial charge in [-0.15, -0.1) is 12.4 Å². The molecule has 1 aliphatic heterocycles. The second-order valence-corrected chi connectivity index (χ2v) is 9.73. The van der Waals surface area contributed by atoms with Gasteiger partial charge in [0, 0.05) is 0 Å². The van der Waals surface area contributed by atoms with Crippen LogP contribution in [0, 0.1) is 18.6 Å². The molecular weight excluding hydrogens is 508 g/mol. The molecule has 1 heterocycles. The summed E-state index contributed by atoms with van der Waals surface area (Å²) in [5, 5.41) is 12.0. The molecule has 38 heavy (non-hydrogen) atoms. The molecule has 0 bridgehead atoms. The van der Waals surface area contributed by atoms with Crippen LogP contribution in [0.25, 0.3) is 10.8 Å². The predicted molar refractivity (Wildman–Crippen MR) is 149 cm³/mol. The monoisotopic (exact) mass is 537 g/mol. The number of benzene rings is 4. The number of anilines is 2. The first-order valence-electron chi connectivity index (χ1n) is 12.6. The van der Waals surface area contributed by atoms with Gasteiger partial charge in [0.05, 0.1) is 17.9 Å². The highest BCUT2D eigenvalue weighted by atomic mass is 35.5. The highest BCUT2D eigenvalue weighted by molar-refractivity contribution is 5.92. The lowest BCUT2D eigenvalue weighted by Gasteiger charge is -2.37. The number of para-hydroxylation sites is 1. The van der Waals surface area contributed by atoms with E-state index in [1.807, 2.05) is 6.07 Å². The van der Waals surface area contributed by atoms with Crippen molar-refractivity contribution in [2.75, 3.05) is 11.4 Å². The Morgan fingerprint density at radius 2 is 1.76 bits per heavy atom. The van der Waals surface area contributed by atoms with Gasteiger partial charge in [-0.25, -0.2) is 13.6 Å². The number of ether oxygens (including phenoxy) is 1. The van der Waals surface area contributed by atoms with E-state index in [0.29, 0.717) is 23.6 Å². The maximum absolute atomic E-state index is 15.4. The van der Waals surface area contributed by atoms with Crippen LogP contribution >= 0.6 is 12.4 Å². The van der Waals surface area contributed by atoms with Gasteiger partial charge in [-0.2, -0.15) is 0 Å². The van der Waals surface area contributed by atoms with Crippen LogP contribution in [-0.4, -0.2) is 23.7 Å². The number of carboxylic acid groups (broad SMARTS) is 1. The molecule has 0 fully saturated rings. The molecule has 0 aliphatic carbocycles. The predicted octanol–water partition coefficient (Wildman–Crippen LogP) is 8.42. The van der Waals surface area contributed by atoms with Crippen LogP contribution < -0.4 is 9.64 Å². The first-order valence-corrected chi connectivity index (χ1v) is 12.6. The minimum Gasteiger partial charge on any atom is -0.483 e. The summed E-state index contributed by atoms with van der Waals surface area (Å²) < 4.78 is 36.3. The van der Waals surface area contributed by atoms with Crippen LogP contribution in [0.4, 0.5) is 20.2 Å². The van der Waals surface area contributed by atoms with Crippen molar-refractivity contribution in [2.24, 2.45) is 0 Å². The lowest BCUT2D eigenvalue weighted by atomic mass is 9.90. The van der Waals surface area contributed by atoms with Crippen molar-refractivity contribution < 1.29 is 23.4 Å². The molecule has 7 heteroatoms. The molecule has 0 amide bonds. The Bertz CT molecular complexity index is 1470. The molecule has 5 rings (SSSR count). The maximum Gasteiger partial charge on any atom is 0.339 e. The van der Waals surface area contributed by atoms with E-state index < -0.39 is 17.6 Å². The molecule has 4 nitrogen and oxygen atoms in total. The molecule has 2 atom stereocenters. The highest BCUT2D eigenvalue weighted by Gasteiger charge is 2.32. The van der Waals surface area contributed by atoms with Crippen LogP contribution in [0.1, 0.15) is 53.6 Å². The average Bonchev–Trinajstić information content (AvgIpc) is 2.88. The summed E-state index contributed by atoms with van der Waals surface area (Å²) in [6.45, 7) is 4.06. The Morgan fingerprint density at radius 1 is 1.03 bits per heavy atom. The van der Waals surface area contributed by atoms with Crippen LogP contribution in [0.2, 0.25) is 0 Å². The third-order valence-electron chi connectivity index (χ3n) is 7.26. The SMILES string of the molecule is Cc1ccc(N2CC(CCC[C@H](C)c3cccc4ccccc34)Oc3c(F)cccc32)c(F)c1C(=O)O.Cl. The van der Waals surface area contributed by atoms with Crippen molar-refractivity contribution in [1.29, 1.82) is 0 Å². The van der Waals surface area contributed by atoms with E-state index >= 15 is 4.39 Å². The topological polar surface area (TPSA) is 49.8 Å². The largest absolute Gasteiger partial charge is 0.483 e. The fourth-order valence-electron chi connectivity index (χ4n) is 5.33. The summed E-state index contributed by atoms with van der Waals surface area (Å²) in [4.78, 5) is 13.3. The molecule has 198 valence electrons. The van der Waals surface area contributed by atoms with Gasteiger partial charge >= 0.3 is 5.97 Å². The number of aryl methyl sites for hydroxylation is 1. The van der Waals surface area contributed by atoms with Crippen molar-refractivity contribution >= 4 is 40.5 Å². The van der Waals surface area contributed by atoms with Gasteiger partial charge in [0.2, 0.25) is 0 Å². The number of carboxylic acids is 1. The van der Waals surface area contributed by atoms with Gasteiger partial charge in [0.25, 0.3) is 0 Å². The van der Waals surface area contributed by atoms with Crippen LogP contribution in [0.5, 0.6) is 5.75 Å². The number of hydrogen-bond donors (Lipinski definition) is 1. The van der Waals surface area contributed by atoms with Gasteiger partial charge in [-0.05, 0) is 72.2 Å². The summed E-state index contributed by atoms with van der Waals surface area (Å²) in [5.41, 5.74) is 1.75. The van der Waals surface area contributed by atoms with Gasteiger partial charge < -0.3 is 14.7 Å².